The second-order valence-electron chi connectivity index (χ2n) is 4.26. The summed E-state index contributed by atoms with van der Waals surface area (Å²) in [5, 5.41) is 0. The van der Waals surface area contributed by atoms with Crippen molar-refractivity contribution in [3.8, 4) is 0 Å². The van der Waals surface area contributed by atoms with Crippen LogP contribution in [0, 0.1) is 0 Å². The van der Waals surface area contributed by atoms with Crippen LogP contribution in [-0.4, -0.2) is 0 Å². The van der Waals surface area contributed by atoms with E-state index in [0.717, 1.165) is 29.8 Å². The topological polar surface area (TPSA) is 52.0 Å². The number of hydrogen-bond acceptors (Lipinski definition) is 2. The summed E-state index contributed by atoms with van der Waals surface area (Å²) < 4.78 is 0. The minimum atomic E-state index is 0.812. The molecule has 88 valence electrons. The molecular formula is C15H18N2. The Balaban J connectivity index is 2.35. The highest BCUT2D eigenvalue weighted by atomic mass is 14.6. The average molecular weight is 226 g/mol. The van der Waals surface area contributed by atoms with E-state index in [4.69, 9.17) is 11.5 Å². The summed E-state index contributed by atoms with van der Waals surface area (Å²) >= 11 is 0. The van der Waals surface area contributed by atoms with Crippen LogP contribution >= 0.6 is 0 Å². The molecule has 17 heavy (non-hydrogen) atoms. The van der Waals surface area contributed by atoms with E-state index >= 15 is 0 Å². The van der Waals surface area contributed by atoms with Crippen LogP contribution in [0.2, 0.25) is 0 Å². The molecule has 2 rings (SSSR count). The van der Waals surface area contributed by atoms with Gasteiger partial charge in [0.15, 0.2) is 0 Å². The van der Waals surface area contributed by atoms with Crippen molar-refractivity contribution in [1.29, 1.82) is 0 Å². The first-order valence-electron chi connectivity index (χ1n) is 5.91. The fourth-order valence-corrected chi connectivity index (χ4v) is 2.06. The Morgan fingerprint density at radius 2 is 1.65 bits per heavy atom. The maximum absolute atomic E-state index is 5.97. The Bertz CT molecular complexity index is 518. The lowest BCUT2D eigenvalue weighted by Crippen LogP contribution is -1.99. The fraction of sp³-hybridized carbons (Fsp3) is 0.200. The van der Waals surface area contributed by atoms with Crippen molar-refractivity contribution < 1.29 is 0 Å². The van der Waals surface area contributed by atoms with Gasteiger partial charge in [0.05, 0.1) is 0 Å². The fourth-order valence-electron chi connectivity index (χ4n) is 2.06. The van der Waals surface area contributed by atoms with Gasteiger partial charge >= 0.3 is 0 Å². The molecule has 0 aromatic heterocycles. The molecule has 2 nitrogen and oxygen atoms in total. The van der Waals surface area contributed by atoms with Crippen LogP contribution in [0.4, 0.5) is 11.4 Å². The third-order valence-electron chi connectivity index (χ3n) is 3.05. The monoisotopic (exact) mass is 226 g/mol. The molecule has 0 spiro atoms. The smallest absolute Gasteiger partial charge is 0.0349 e. The van der Waals surface area contributed by atoms with Crippen molar-refractivity contribution in [1.82, 2.24) is 0 Å². The lowest BCUT2D eigenvalue weighted by atomic mass is 9.97. The summed E-state index contributed by atoms with van der Waals surface area (Å²) in [6, 6.07) is 14.1. The molecule has 0 aliphatic rings. The Morgan fingerprint density at radius 3 is 2.35 bits per heavy atom. The molecule has 0 bridgehead atoms. The van der Waals surface area contributed by atoms with E-state index in [1.54, 1.807) is 0 Å². The maximum Gasteiger partial charge on any atom is 0.0349 e. The Hall–Kier alpha value is -1.96. The van der Waals surface area contributed by atoms with Gasteiger partial charge in [0.1, 0.15) is 0 Å². The van der Waals surface area contributed by atoms with Crippen LogP contribution < -0.4 is 11.5 Å². The standard InChI is InChI=1S/C15H18N2/c1-2-11-7-8-14(16)10-13(11)9-12-5-3-4-6-15(12)17/h3-8,10H,2,9,16-17H2,1H3. The van der Waals surface area contributed by atoms with E-state index in [2.05, 4.69) is 19.1 Å². The van der Waals surface area contributed by atoms with Crippen LogP contribution in [0.25, 0.3) is 0 Å². The van der Waals surface area contributed by atoms with Crippen molar-refractivity contribution in [3.05, 3.63) is 59.2 Å². The van der Waals surface area contributed by atoms with Gasteiger partial charge in [0, 0.05) is 11.4 Å². The zero-order valence-corrected chi connectivity index (χ0v) is 10.1. The van der Waals surface area contributed by atoms with Crippen molar-refractivity contribution in [2.24, 2.45) is 0 Å². The van der Waals surface area contributed by atoms with E-state index in [1.165, 1.54) is 11.1 Å². The third kappa shape index (κ3) is 2.59. The van der Waals surface area contributed by atoms with Crippen LogP contribution in [-0.2, 0) is 12.8 Å². The normalized spacial score (nSPS) is 10.4. The van der Waals surface area contributed by atoms with E-state index in [9.17, 15) is 0 Å². The van der Waals surface area contributed by atoms with Crippen molar-refractivity contribution >= 4 is 11.4 Å². The highest BCUT2D eigenvalue weighted by Crippen LogP contribution is 2.21. The number of anilines is 2. The highest BCUT2D eigenvalue weighted by molar-refractivity contribution is 5.52. The van der Waals surface area contributed by atoms with Crippen LogP contribution in [0.15, 0.2) is 42.5 Å². The largest absolute Gasteiger partial charge is 0.399 e. The Morgan fingerprint density at radius 1 is 0.882 bits per heavy atom. The zero-order valence-electron chi connectivity index (χ0n) is 10.1. The number of nitrogen functional groups attached to an aromatic ring is 2. The zero-order chi connectivity index (χ0) is 12.3. The summed E-state index contributed by atoms with van der Waals surface area (Å²) in [5.41, 5.74) is 17.2. The van der Waals surface area contributed by atoms with Gasteiger partial charge < -0.3 is 11.5 Å². The van der Waals surface area contributed by atoms with E-state index in [1.807, 2.05) is 30.3 Å². The molecule has 4 N–H and O–H groups in total. The second-order valence-corrected chi connectivity index (χ2v) is 4.26. The Kier molecular flexibility index (Phi) is 3.33. The molecule has 0 amide bonds. The van der Waals surface area contributed by atoms with Crippen molar-refractivity contribution in [2.75, 3.05) is 11.5 Å². The maximum atomic E-state index is 5.97. The first-order chi connectivity index (χ1) is 8.20. The first-order valence-corrected chi connectivity index (χ1v) is 5.91. The molecular weight excluding hydrogens is 208 g/mol. The summed E-state index contributed by atoms with van der Waals surface area (Å²) in [6.45, 7) is 2.16. The van der Waals surface area contributed by atoms with E-state index in [-0.39, 0.29) is 0 Å². The Labute approximate surface area is 102 Å². The van der Waals surface area contributed by atoms with Gasteiger partial charge in [-0.15, -0.1) is 0 Å². The van der Waals surface area contributed by atoms with Crippen LogP contribution in [0.1, 0.15) is 23.6 Å². The third-order valence-corrected chi connectivity index (χ3v) is 3.05. The number of hydrogen-bond donors (Lipinski definition) is 2. The minimum Gasteiger partial charge on any atom is -0.399 e. The molecule has 2 aromatic rings. The molecule has 0 unspecified atom stereocenters. The van der Waals surface area contributed by atoms with E-state index in [0.29, 0.717) is 0 Å². The minimum absolute atomic E-state index is 0.812. The van der Waals surface area contributed by atoms with Gasteiger partial charge in [-0.3, -0.25) is 0 Å². The first kappa shape index (κ1) is 11.5. The molecule has 0 heterocycles. The van der Waals surface area contributed by atoms with Gasteiger partial charge in [-0.1, -0.05) is 31.2 Å². The molecule has 0 aliphatic heterocycles. The van der Waals surface area contributed by atoms with E-state index < -0.39 is 0 Å². The van der Waals surface area contributed by atoms with Gasteiger partial charge in [-0.25, -0.2) is 0 Å². The molecule has 0 saturated carbocycles. The van der Waals surface area contributed by atoms with Crippen molar-refractivity contribution in [2.45, 2.75) is 19.8 Å². The summed E-state index contributed by atoms with van der Waals surface area (Å²) in [5.74, 6) is 0. The van der Waals surface area contributed by atoms with Gasteiger partial charge in [-0.05, 0) is 47.7 Å². The van der Waals surface area contributed by atoms with Crippen LogP contribution in [0.5, 0.6) is 0 Å². The predicted octanol–water partition coefficient (Wildman–Crippen LogP) is 3.00. The number of rotatable bonds is 3. The molecule has 0 radical (unpaired) electrons. The molecule has 0 fully saturated rings. The summed E-state index contributed by atoms with van der Waals surface area (Å²) in [6.07, 6.45) is 1.86. The number of benzene rings is 2. The summed E-state index contributed by atoms with van der Waals surface area (Å²) in [4.78, 5) is 0. The van der Waals surface area contributed by atoms with Crippen molar-refractivity contribution in [3.63, 3.8) is 0 Å². The molecule has 0 saturated heterocycles. The number of aryl methyl sites for hydroxylation is 1. The van der Waals surface area contributed by atoms with Gasteiger partial charge in [0.2, 0.25) is 0 Å². The second kappa shape index (κ2) is 4.91. The number of nitrogens with two attached hydrogens (primary N) is 2. The molecule has 2 heteroatoms. The molecule has 0 atom stereocenters. The number of para-hydroxylation sites is 1. The van der Waals surface area contributed by atoms with Crippen LogP contribution in [0.3, 0.4) is 0 Å². The predicted molar refractivity (Wildman–Crippen MR) is 73.9 cm³/mol. The van der Waals surface area contributed by atoms with Gasteiger partial charge in [-0.2, -0.15) is 0 Å². The molecule has 2 aromatic carbocycles. The SMILES string of the molecule is CCc1ccc(N)cc1Cc1ccccc1N. The quantitative estimate of drug-likeness (QED) is 0.790. The summed E-state index contributed by atoms with van der Waals surface area (Å²) in [7, 11) is 0. The average Bonchev–Trinajstić information content (AvgIpc) is 2.32. The lowest BCUT2D eigenvalue weighted by molar-refractivity contribution is 1.06. The highest BCUT2D eigenvalue weighted by Gasteiger charge is 2.05. The molecule has 0 aliphatic carbocycles. The van der Waals surface area contributed by atoms with Gasteiger partial charge in [0.25, 0.3) is 0 Å². The lowest BCUT2D eigenvalue weighted by Gasteiger charge is -2.10.